The maximum Gasteiger partial charge on any atom is 0.272 e. The SMILES string of the molecule is C=CCC(C(N)=O)C(CC1CCC1)C(=O)NC1N=C(c2ccccc2)c2ccccc2N(Cc2cccc(-c3ccc4ccccc4c3)c2)C1=O. The lowest BCUT2D eigenvalue weighted by Crippen LogP contribution is -2.51. The Kier molecular flexibility index (Phi) is 9.88. The van der Waals surface area contributed by atoms with E-state index < -0.39 is 29.8 Å². The molecule has 0 saturated heterocycles. The number of aliphatic imine (C=N–C) groups is 1. The second-order valence-corrected chi connectivity index (χ2v) is 13.6. The normalized spacial score (nSPS) is 17.0. The Labute approximate surface area is 298 Å². The van der Waals surface area contributed by atoms with Crippen LogP contribution in [-0.2, 0) is 20.9 Å². The first-order valence-corrected chi connectivity index (χ1v) is 17.7. The highest BCUT2D eigenvalue weighted by Gasteiger charge is 2.39. The van der Waals surface area contributed by atoms with Crippen molar-refractivity contribution in [3.8, 4) is 11.1 Å². The van der Waals surface area contributed by atoms with Crippen LogP contribution in [0.3, 0.4) is 0 Å². The van der Waals surface area contributed by atoms with Gasteiger partial charge in [0.05, 0.1) is 29.8 Å². The Morgan fingerprint density at radius 2 is 1.53 bits per heavy atom. The van der Waals surface area contributed by atoms with Crippen molar-refractivity contribution in [2.75, 3.05) is 4.90 Å². The molecule has 1 aliphatic carbocycles. The zero-order valence-electron chi connectivity index (χ0n) is 28.6. The first kappa shape index (κ1) is 33.7. The predicted octanol–water partition coefficient (Wildman–Crippen LogP) is 7.82. The summed E-state index contributed by atoms with van der Waals surface area (Å²) in [6.45, 7) is 4.07. The van der Waals surface area contributed by atoms with Crippen LogP contribution in [0.25, 0.3) is 21.9 Å². The molecule has 0 spiro atoms. The summed E-state index contributed by atoms with van der Waals surface area (Å²) in [4.78, 5) is 48.4. The second-order valence-electron chi connectivity index (χ2n) is 13.6. The molecular weight excluding hydrogens is 633 g/mol. The number of anilines is 1. The number of benzene rings is 5. The molecule has 2 aliphatic rings. The molecule has 0 radical (unpaired) electrons. The number of nitrogens with zero attached hydrogens (tertiary/aromatic N) is 2. The lowest BCUT2D eigenvalue weighted by atomic mass is 9.74. The highest BCUT2D eigenvalue weighted by Crippen LogP contribution is 2.36. The van der Waals surface area contributed by atoms with Gasteiger partial charge in [0, 0.05) is 11.1 Å². The fraction of sp³-hybridized carbons (Fsp3) is 0.227. The first-order chi connectivity index (χ1) is 24.9. The third-order valence-electron chi connectivity index (χ3n) is 10.3. The van der Waals surface area contributed by atoms with E-state index in [1.54, 1.807) is 11.0 Å². The monoisotopic (exact) mass is 674 g/mol. The van der Waals surface area contributed by atoms with Crippen molar-refractivity contribution in [3.63, 3.8) is 0 Å². The number of nitrogens with two attached hydrogens (primary N) is 1. The molecule has 0 bridgehead atoms. The average molecular weight is 675 g/mol. The molecule has 1 heterocycles. The van der Waals surface area contributed by atoms with E-state index >= 15 is 0 Å². The Balaban J connectivity index is 1.26. The van der Waals surface area contributed by atoms with Crippen molar-refractivity contribution in [1.82, 2.24) is 5.32 Å². The summed E-state index contributed by atoms with van der Waals surface area (Å²) < 4.78 is 0. The molecule has 5 aromatic rings. The summed E-state index contributed by atoms with van der Waals surface area (Å²) in [5.41, 5.74) is 11.8. The minimum atomic E-state index is -1.23. The molecule has 3 unspecified atom stereocenters. The molecule has 7 heteroatoms. The molecular formula is C44H42N4O3. The lowest BCUT2D eigenvalue weighted by molar-refractivity contribution is -0.136. The van der Waals surface area contributed by atoms with E-state index in [-0.39, 0.29) is 18.9 Å². The molecule has 1 saturated carbocycles. The number of carbonyl (C=O) groups is 3. The number of primary amides is 1. The number of amides is 3. The van der Waals surface area contributed by atoms with Crippen molar-refractivity contribution in [2.45, 2.75) is 44.8 Å². The molecule has 5 aromatic carbocycles. The molecule has 256 valence electrons. The molecule has 3 atom stereocenters. The largest absolute Gasteiger partial charge is 0.369 e. The zero-order valence-corrected chi connectivity index (χ0v) is 28.6. The number of hydrogen-bond donors (Lipinski definition) is 2. The van der Waals surface area contributed by atoms with Crippen LogP contribution in [0.5, 0.6) is 0 Å². The van der Waals surface area contributed by atoms with Gasteiger partial charge in [-0.05, 0) is 64.4 Å². The Bertz CT molecular complexity index is 2120. The van der Waals surface area contributed by atoms with E-state index in [2.05, 4.69) is 54.4 Å². The van der Waals surface area contributed by atoms with Gasteiger partial charge in [-0.1, -0.05) is 128 Å². The van der Waals surface area contributed by atoms with Crippen LogP contribution in [0.2, 0.25) is 0 Å². The Morgan fingerprint density at radius 1 is 0.824 bits per heavy atom. The number of carbonyl (C=O) groups excluding carboxylic acids is 3. The molecule has 51 heavy (non-hydrogen) atoms. The second kappa shape index (κ2) is 15.0. The minimum Gasteiger partial charge on any atom is -0.369 e. The third kappa shape index (κ3) is 7.24. The molecule has 1 aliphatic heterocycles. The van der Waals surface area contributed by atoms with Gasteiger partial charge >= 0.3 is 0 Å². The van der Waals surface area contributed by atoms with Crippen molar-refractivity contribution in [2.24, 2.45) is 28.5 Å². The van der Waals surface area contributed by atoms with Gasteiger partial charge < -0.3 is 16.0 Å². The Hall–Kier alpha value is -5.82. The molecule has 3 N–H and O–H groups in total. The van der Waals surface area contributed by atoms with Crippen LogP contribution in [0, 0.1) is 17.8 Å². The van der Waals surface area contributed by atoms with Gasteiger partial charge in [0.2, 0.25) is 18.0 Å². The third-order valence-corrected chi connectivity index (χ3v) is 10.3. The summed E-state index contributed by atoms with van der Waals surface area (Å²) in [5.74, 6) is -2.41. The summed E-state index contributed by atoms with van der Waals surface area (Å²) >= 11 is 0. The van der Waals surface area contributed by atoms with Crippen LogP contribution in [0.15, 0.2) is 139 Å². The summed E-state index contributed by atoms with van der Waals surface area (Å²) in [7, 11) is 0. The number of hydrogen-bond acceptors (Lipinski definition) is 4. The molecule has 7 nitrogen and oxygen atoms in total. The van der Waals surface area contributed by atoms with E-state index in [4.69, 9.17) is 10.7 Å². The van der Waals surface area contributed by atoms with E-state index in [0.29, 0.717) is 23.7 Å². The van der Waals surface area contributed by atoms with E-state index in [1.807, 2.05) is 78.9 Å². The molecule has 7 rings (SSSR count). The van der Waals surface area contributed by atoms with Gasteiger partial charge in [0.15, 0.2) is 0 Å². The fourth-order valence-electron chi connectivity index (χ4n) is 7.36. The number of fused-ring (bicyclic) bond motifs is 2. The molecule has 3 amide bonds. The van der Waals surface area contributed by atoms with Crippen LogP contribution < -0.4 is 16.0 Å². The van der Waals surface area contributed by atoms with Crippen LogP contribution in [0.4, 0.5) is 5.69 Å². The fourth-order valence-corrected chi connectivity index (χ4v) is 7.36. The van der Waals surface area contributed by atoms with Gasteiger partial charge in [-0.2, -0.15) is 0 Å². The van der Waals surface area contributed by atoms with Crippen molar-refractivity contribution in [1.29, 1.82) is 0 Å². The predicted molar refractivity (Wildman–Crippen MR) is 204 cm³/mol. The van der Waals surface area contributed by atoms with Crippen LogP contribution in [-0.4, -0.2) is 29.6 Å². The number of rotatable bonds is 12. The summed E-state index contributed by atoms with van der Waals surface area (Å²) in [5, 5.41) is 5.33. The van der Waals surface area contributed by atoms with Gasteiger partial charge in [-0.15, -0.1) is 6.58 Å². The van der Waals surface area contributed by atoms with Crippen molar-refractivity contribution >= 4 is 39.9 Å². The topological polar surface area (TPSA) is 105 Å². The number of allylic oxidation sites excluding steroid dienone is 1. The smallest absolute Gasteiger partial charge is 0.272 e. The maximum absolute atomic E-state index is 14.8. The maximum atomic E-state index is 14.8. The van der Waals surface area contributed by atoms with Gasteiger partial charge in [-0.3, -0.25) is 14.4 Å². The van der Waals surface area contributed by atoms with E-state index in [0.717, 1.165) is 52.5 Å². The van der Waals surface area contributed by atoms with E-state index in [1.165, 1.54) is 5.39 Å². The zero-order chi connectivity index (χ0) is 35.3. The molecule has 0 aromatic heterocycles. The van der Waals surface area contributed by atoms with Gasteiger partial charge in [0.1, 0.15) is 0 Å². The van der Waals surface area contributed by atoms with Crippen LogP contribution >= 0.6 is 0 Å². The summed E-state index contributed by atoms with van der Waals surface area (Å²) in [6.07, 6.45) is 4.31. The quantitative estimate of drug-likeness (QED) is 0.132. The average Bonchev–Trinajstić information content (AvgIpc) is 3.25. The highest BCUT2D eigenvalue weighted by atomic mass is 16.2. The number of benzodiazepines with no additional fused rings is 1. The number of para-hydroxylation sites is 1. The van der Waals surface area contributed by atoms with Crippen LogP contribution in [0.1, 0.15) is 48.8 Å². The first-order valence-electron chi connectivity index (χ1n) is 17.7. The molecule has 1 fully saturated rings. The van der Waals surface area contributed by atoms with Gasteiger partial charge in [-0.25, -0.2) is 4.99 Å². The lowest BCUT2D eigenvalue weighted by Gasteiger charge is -2.33. The number of nitrogens with one attached hydrogen (secondary N) is 1. The van der Waals surface area contributed by atoms with E-state index in [9.17, 15) is 14.4 Å². The Morgan fingerprint density at radius 3 is 2.27 bits per heavy atom. The highest BCUT2D eigenvalue weighted by molar-refractivity contribution is 6.20. The van der Waals surface area contributed by atoms with Crippen molar-refractivity contribution < 1.29 is 14.4 Å². The summed E-state index contributed by atoms with van der Waals surface area (Å²) in [6, 6.07) is 40.3. The minimum absolute atomic E-state index is 0.257. The van der Waals surface area contributed by atoms with Crippen molar-refractivity contribution in [3.05, 3.63) is 151 Å². The van der Waals surface area contributed by atoms with Gasteiger partial charge in [0.25, 0.3) is 5.91 Å². The standard InChI is InChI=1S/C44H42N4O3/c1-2-12-36(41(45)49)38(26-29-13-10-14-29)43(50)47-42-44(51)48(39-22-9-8-21-37(39)40(46-42)32-17-4-3-5-18-32)28-30-15-11-20-33(25-30)35-24-23-31-16-6-7-19-34(31)27-35/h2-9,11,15-25,27,29,36,38,42H,1,10,12-14,26,28H2,(H2,45,49)(H,47,50).